The maximum absolute atomic E-state index is 17.1. The first-order chi connectivity index (χ1) is 36.9. The van der Waals surface area contributed by atoms with E-state index in [1.54, 1.807) is 23.5 Å². The van der Waals surface area contributed by atoms with Crippen molar-refractivity contribution >= 4 is 68.2 Å². The summed E-state index contributed by atoms with van der Waals surface area (Å²) in [6.07, 6.45) is 2.96. The molecule has 406 valence electrons. The van der Waals surface area contributed by atoms with Crippen LogP contribution in [-0.4, -0.2) is 130 Å². The number of β-amino-alcohol motifs (C(OH)–C–C–N with tert-alkyl or cyclic N) is 1. The van der Waals surface area contributed by atoms with E-state index in [1.165, 1.54) is 11.0 Å². The Balaban J connectivity index is 0.777. The minimum atomic E-state index is -0.983. The summed E-state index contributed by atoms with van der Waals surface area (Å²) >= 11 is 8.50. The van der Waals surface area contributed by atoms with Gasteiger partial charge < -0.3 is 40.1 Å². The third-order valence-corrected chi connectivity index (χ3v) is 16.4. The fraction of sp³-hybridized carbons (Fsp3) is 0.466. The van der Waals surface area contributed by atoms with Gasteiger partial charge in [-0.1, -0.05) is 80.9 Å². The fourth-order valence-corrected chi connectivity index (χ4v) is 12.1. The Labute approximate surface area is 457 Å². The third-order valence-electron chi connectivity index (χ3n) is 15.1. The molecule has 9 rings (SSSR count). The van der Waals surface area contributed by atoms with Crippen molar-refractivity contribution in [1.29, 1.82) is 5.26 Å². The zero-order chi connectivity index (χ0) is 54.5. The number of likely N-dealkylation sites (tertiary alicyclic amines) is 2. The highest BCUT2D eigenvalue weighted by Gasteiger charge is 2.45. The number of phenolic OH excluding ortho intramolecular Hbond substituents is 1. The number of carbonyl (C=O) groups is 3. The number of nitriles is 1. The van der Waals surface area contributed by atoms with Gasteiger partial charge >= 0.3 is 6.01 Å². The number of amides is 3. The van der Waals surface area contributed by atoms with Crippen molar-refractivity contribution in [3.8, 4) is 39.4 Å². The third kappa shape index (κ3) is 12.8. The monoisotopic (exact) mass is 1090 g/mol. The number of ether oxygens (including phenoxy) is 2. The summed E-state index contributed by atoms with van der Waals surface area (Å²) in [7, 11) is 0. The van der Waals surface area contributed by atoms with Gasteiger partial charge in [0.25, 0.3) is 0 Å². The number of halogens is 2. The number of nitrogens with zero attached hydrogens (tertiary/aromatic N) is 7. The molecule has 3 aliphatic rings. The van der Waals surface area contributed by atoms with E-state index in [9.17, 15) is 29.9 Å². The summed E-state index contributed by atoms with van der Waals surface area (Å²) in [5.74, 6) is -1.14. The molecule has 3 amide bonds. The average Bonchev–Trinajstić information content (AvgIpc) is 4.07. The van der Waals surface area contributed by atoms with Crippen molar-refractivity contribution in [2.45, 2.75) is 97.4 Å². The number of nitrogens with one attached hydrogen (secondary N) is 2. The number of aromatic nitrogens is 3. The first kappa shape index (κ1) is 55.3. The van der Waals surface area contributed by atoms with Gasteiger partial charge in [0.15, 0.2) is 5.82 Å². The molecule has 77 heavy (non-hydrogen) atoms. The van der Waals surface area contributed by atoms with E-state index in [0.29, 0.717) is 49.4 Å². The molecule has 0 aliphatic carbocycles. The van der Waals surface area contributed by atoms with Crippen molar-refractivity contribution < 1.29 is 38.5 Å². The van der Waals surface area contributed by atoms with E-state index in [1.807, 2.05) is 88.7 Å². The smallest absolute Gasteiger partial charge is 0.319 e. The summed E-state index contributed by atoms with van der Waals surface area (Å²) in [5.41, 5.74) is 4.57. The SMILES string of the molecule is Cc1ncsc1-c1ccc([C@H](C)NC(=O)[C@@H]2C[C@@H](O)CN2C(=O)[C@@H](NC(=O)COCC2CCN(CCOc3nc(N4CCC[C@@H](CC#N)C4)c4cc(Cl)c(-c5cc(O)cc6ccccc56)c(F)c4n3)CC2)C(C)(C)C)cc1. The molecular weight excluding hydrogens is 1020 g/mol. The molecule has 0 bridgehead atoms. The van der Waals surface area contributed by atoms with Crippen LogP contribution in [0.1, 0.15) is 83.5 Å². The molecule has 5 heterocycles. The number of aliphatic hydroxyl groups is 1. The topological polar surface area (TPSA) is 206 Å². The first-order valence-electron chi connectivity index (χ1n) is 26.5. The van der Waals surface area contributed by atoms with Gasteiger partial charge in [-0.05, 0) is 116 Å². The van der Waals surface area contributed by atoms with Crippen molar-refractivity contribution in [1.82, 2.24) is 35.4 Å². The second-order valence-corrected chi connectivity index (χ2v) is 23.1. The summed E-state index contributed by atoms with van der Waals surface area (Å²) in [4.78, 5) is 62.0. The quantitative estimate of drug-likeness (QED) is 0.0674. The van der Waals surface area contributed by atoms with Crippen LogP contribution in [0.3, 0.4) is 0 Å². The lowest BCUT2D eigenvalue weighted by atomic mass is 9.85. The molecule has 0 saturated carbocycles. The number of phenols is 1. The molecule has 16 nitrogen and oxygen atoms in total. The van der Waals surface area contributed by atoms with Gasteiger partial charge in [-0.15, -0.1) is 11.3 Å². The van der Waals surface area contributed by atoms with Gasteiger partial charge in [-0.25, -0.2) is 9.37 Å². The van der Waals surface area contributed by atoms with Crippen LogP contribution in [0.5, 0.6) is 11.8 Å². The van der Waals surface area contributed by atoms with Gasteiger partial charge in [0.1, 0.15) is 42.4 Å². The first-order valence-corrected chi connectivity index (χ1v) is 27.8. The molecule has 0 unspecified atom stereocenters. The normalized spacial score (nSPS) is 19.3. The van der Waals surface area contributed by atoms with E-state index < -0.39 is 41.2 Å². The number of benzene rings is 4. The minimum absolute atomic E-state index is 0.0222. The molecule has 3 fully saturated rings. The van der Waals surface area contributed by atoms with Gasteiger partial charge in [0.05, 0.1) is 45.9 Å². The van der Waals surface area contributed by atoms with Crippen LogP contribution in [0.15, 0.2) is 72.2 Å². The number of aromatic hydroxyl groups is 1. The van der Waals surface area contributed by atoms with Gasteiger partial charge in [0.2, 0.25) is 17.7 Å². The highest BCUT2D eigenvalue weighted by atomic mass is 35.5. The van der Waals surface area contributed by atoms with E-state index in [-0.39, 0.29) is 77.8 Å². The molecule has 6 aromatic rings. The second-order valence-electron chi connectivity index (χ2n) is 21.8. The number of carbonyl (C=O) groups excluding carboxylic acids is 3. The number of hydrogen-bond donors (Lipinski definition) is 4. The molecule has 0 radical (unpaired) electrons. The number of rotatable bonds is 17. The summed E-state index contributed by atoms with van der Waals surface area (Å²) in [5, 5.41) is 38.8. The molecule has 4 N–H and O–H groups in total. The van der Waals surface area contributed by atoms with Crippen molar-refractivity contribution in [3.05, 3.63) is 94.3 Å². The predicted molar refractivity (Wildman–Crippen MR) is 296 cm³/mol. The largest absolute Gasteiger partial charge is 0.508 e. The lowest BCUT2D eigenvalue weighted by Gasteiger charge is -2.35. The Kier molecular flexibility index (Phi) is 17.3. The molecule has 2 aromatic heterocycles. The lowest BCUT2D eigenvalue weighted by molar-refractivity contribution is -0.144. The van der Waals surface area contributed by atoms with E-state index >= 15 is 4.39 Å². The van der Waals surface area contributed by atoms with Crippen molar-refractivity contribution in [2.75, 3.05) is 64.0 Å². The molecule has 5 atom stereocenters. The molecular formula is C58H67ClFN9O7S. The number of thiazole rings is 1. The zero-order valence-corrected chi connectivity index (χ0v) is 45.8. The van der Waals surface area contributed by atoms with E-state index in [4.69, 9.17) is 26.1 Å². The molecule has 3 aliphatic heterocycles. The highest BCUT2D eigenvalue weighted by Crippen LogP contribution is 2.43. The number of anilines is 1. The Morgan fingerprint density at radius 2 is 1.75 bits per heavy atom. The Hall–Kier alpha value is -6.49. The number of aryl methyl sites for hydroxylation is 1. The highest BCUT2D eigenvalue weighted by molar-refractivity contribution is 7.13. The predicted octanol–water partition coefficient (Wildman–Crippen LogP) is 8.99. The van der Waals surface area contributed by atoms with Gasteiger partial charge in [-0.3, -0.25) is 19.3 Å². The van der Waals surface area contributed by atoms with Gasteiger partial charge in [-0.2, -0.15) is 15.2 Å². The Bertz CT molecular complexity index is 3160. The maximum atomic E-state index is 17.1. The Morgan fingerprint density at radius 1 is 0.987 bits per heavy atom. The number of fused-ring (bicyclic) bond motifs is 2. The number of piperidine rings is 2. The average molecular weight is 1090 g/mol. The number of aliphatic hydroxyl groups excluding tert-OH is 1. The summed E-state index contributed by atoms with van der Waals surface area (Å²) < 4.78 is 29.3. The lowest BCUT2D eigenvalue weighted by Crippen LogP contribution is -2.58. The maximum Gasteiger partial charge on any atom is 0.319 e. The van der Waals surface area contributed by atoms with Crippen LogP contribution in [0.25, 0.3) is 43.2 Å². The van der Waals surface area contributed by atoms with Crippen molar-refractivity contribution in [2.24, 2.45) is 17.3 Å². The van der Waals surface area contributed by atoms with E-state index in [0.717, 1.165) is 71.2 Å². The van der Waals surface area contributed by atoms with Crippen LogP contribution >= 0.6 is 22.9 Å². The summed E-state index contributed by atoms with van der Waals surface area (Å²) in [6.45, 7) is 13.0. The molecule has 0 spiro atoms. The standard InChI is InChI=1S/C58H67ClFN9O7S/c1-34(38-12-14-39(15-13-38)52-35(2)62-33-77-52)63-55(73)47-27-42(71)30-69(47)56(74)53(58(3,4)5)64-48(72)32-75-31-37-17-21-67(22-18-37)23-24-76-57-65-51-45(54(66-57)68-20-8-9-36(29-68)16-19-61)28-46(59)49(50(51)60)44-26-41(70)25-40-10-6-7-11-43(40)44/h6-7,10-15,25-26,28,33-34,36-37,42,47,53,70-71H,8-9,16-18,20-24,27,29-32H2,1-5H3,(H,63,73)(H,64,72)/t34-,36-,42+,47-,53+/m0/s1. The van der Waals surface area contributed by atoms with Crippen LogP contribution in [0.2, 0.25) is 5.02 Å². The van der Waals surface area contributed by atoms with E-state index in [2.05, 4.69) is 36.5 Å². The Morgan fingerprint density at radius 3 is 2.48 bits per heavy atom. The molecule has 3 saturated heterocycles. The van der Waals surface area contributed by atoms with Gasteiger partial charge in [0, 0.05) is 50.0 Å². The van der Waals surface area contributed by atoms with Crippen LogP contribution in [0.4, 0.5) is 10.2 Å². The van der Waals surface area contributed by atoms with Crippen LogP contribution in [0, 0.1) is 41.3 Å². The fourth-order valence-electron chi connectivity index (χ4n) is 10.9. The zero-order valence-electron chi connectivity index (χ0n) is 44.2. The molecule has 4 aromatic carbocycles. The minimum Gasteiger partial charge on any atom is -0.508 e. The molecule has 19 heteroatoms. The summed E-state index contributed by atoms with van der Waals surface area (Å²) in [6, 6.07) is 20.2. The number of hydrogen-bond acceptors (Lipinski definition) is 14. The van der Waals surface area contributed by atoms with Crippen LogP contribution < -0.4 is 20.3 Å². The van der Waals surface area contributed by atoms with Crippen LogP contribution in [-0.2, 0) is 19.1 Å². The second kappa shape index (κ2) is 24.0. The van der Waals surface area contributed by atoms with Crippen molar-refractivity contribution in [3.63, 3.8) is 0 Å².